The molecule has 0 amide bonds. The topological polar surface area (TPSA) is 49.5 Å². The molecule has 0 bridgehead atoms. The Morgan fingerprint density at radius 3 is 2.15 bits per heavy atom. The van der Waals surface area contributed by atoms with Crippen molar-refractivity contribution in [3.63, 3.8) is 0 Å². The van der Waals surface area contributed by atoms with E-state index in [4.69, 9.17) is 5.73 Å². The van der Waals surface area contributed by atoms with Gasteiger partial charge in [0.1, 0.15) is 0 Å². The average molecular weight is 188 g/mol. The summed E-state index contributed by atoms with van der Waals surface area (Å²) in [6.07, 6.45) is 2.00. The highest BCUT2D eigenvalue weighted by molar-refractivity contribution is 4.81. The van der Waals surface area contributed by atoms with Gasteiger partial charge in [-0.2, -0.15) is 0 Å². The van der Waals surface area contributed by atoms with Crippen LogP contribution in [-0.2, 0) is 0 Å². The molecule has 3 heteroatoms. The summed E-state index contributed by atoms with van der Waals surface area (Å²) in [6.45, 7) is 6.51. The van der Waals surface area contributed by atoms with E-state index >= 15 is 0 Å². The van der Waals surface area contributed by atoms with Gasteiger partial charge in [0.2, 0.25) is 0 Å². The predicted molar refractivity (Wildman–Crippen MR) is 56.7 cm³/mol. The van der Waals surface area contributed by atoms with E-state index in [0.717, 1.165) is 12.8 Å². The molecule has 0 aliphatic heterocycles. The van der Waals surface area contributed by atoms with Crippen LogP contribution in [0.3, 0.4) is 0 Å². The maximum absolute atomic E-state index is 9.22. The maximum atomic E-state index is 9.22. The normalized spacial score (nSPS) is 18.7. The van der Waals surface area contributed by atoms with Crippen LogP contribution >= 0.6 is 0 Å². The lowest BCUT2D eigenvalue weighted by Gasteiger charge is -2.34. The van der Waals surface area contributed by atoms with Crippen LogP contribution in [0.25, 0.3) is 0 Å². The van der Waals surface area contributed by atoms with Crippen LogP contribution in [0.4, 0.5) is 0 Å². The number of nitrogens with zero attached hydrogens (tertiary/aromatic N) is 1. The second-order valence-electron chi connectivity index (χ2n) is 3.74. The van der Waals surface area contributed by atoms with Crippen molar-refractivity contribution in [3.05, 3.63) is 0 Å². The molecule has 0 aliphatic carbocycles. The van der Waals surface area contributed by atoms with Crippen LogP contribution in [0.2, 0.25) is 0 Å². The Labute approximate surface area is 81.9 Å². The van der Waals surface area contributed by atoms with E-state index < -0.39 is 0 Å². The molecule has 0 heterocycles. The van der Waals surface area contributed by atoms with Crippen LogP contribution < -0.4 is 5.73 Å². The summed E-state index contributed by atoms with van der Waals surface area (Å²) in [7, 11) is 2.03. The van der Waals surface area contributed by atoms with Crippen molar-refractivity contribution < 1.29 is 5.11 Å². The van der Waals surface area contributed by atoms with Gasteiger partial charge in [0.25, 0.3) is 0 Å². The van der Waals surface area contributed by atoms with Gasteiger partial charge in [0.15, 0.2) is 0 Å². The molecule has 0 saturated carbocycles. The Balaban J connectivity index is 4.21. The summed E-state index contributed by atoms with van der Waals surface area (Å²) in [5.41, 5.74) is 5.92. The fourth-order valence-corrected chi connectivity index (χ4v) is 1.45. The number of nitrogens with two attached hydrogens (primary N) is 1. The first kappa shape index (κ1) is 12.9. The number of likely N-dealkylation sites (N-methyl/N-ethyl adjacent to an activating group) is 1. The van der Waals surface area contributed by atoms with Gasteiger partial charge in [-0.1, -0.05) is 13.8 Å². The molecule has 0 rings (SSSR count). The van der Waals surface area contributed by atoms with Gasteiger partial charge in [-0.25, -0.2) is 0 Å². The monoisotopic (exact) mass is 188 g/mol. The molecule has 0 aromatic carbocycles. The lowest BCUT2D eigenvalue weighted by molar-refractivity contribution is 0.0941. The van der Waals surface area contributed by atoms with E-state index in [-0.39, 0.29) is 18.7 Å². The van der Waals surface area contributed by atoms with Gasteiger partial charge in [0.05, 0.1) is 6.61 Å². The Hall–Kier alpha value is -0.120. The zero-order valence-electron chi connectivity index (χ0n) is 9.33. The van der Waals surface area contributed by atoms with E-state index in [1.807, 2.05) is 7.05 Å². The predicted octanol–water partition coefficient (Wildman–Crippen LogP) is 0.815. The van der Waals surface area contributed by atoms with Gasteiger partial charge >= 0.3 is 0 Å². The van der Waals surface area contributed by atoms with Crippen molar-refractivity contribution in [3.8, 4) is 0 Å². The van der Waals surface area contributed by atoms with Crippen molar-refractivity contribution in [2.24, 2.45) is 5.73 Å². The summed E-state index contributed by atoms with van der Waals surface area (Å²) in [6, 6.07) is 0.652. The van der Waals surface area contributed by atoms with Crippen LogP contribution in [0.5, 0.6) is 0 Å². The fourth-order valence-electron chi connectivity index (χ4n) is 1.45. The third kappa shape index (κ3) is 3.63. The van der Waals surface area contributed by atoms with E-state index in [2.05, 4.69) is 25.7 Å². The summed E-state index contributed by atoms with van der Waals surface area (Å²) in [5, 5.41) is 9.22. The standard InChI is InChI=1S/C10H24N2O/c1-5-8(3)12(4)10(7-13)9(11)6-2/h8-10,13H,5-7,11H2,1-4H3. The molecular formula is C10H24N2O. The summed E-state index contributed by atoms with van der Waals surface area (Å²) in [5.74, 6) is 0. The smallest absolute Gasteiger partial charge is 0.0601 e. The van der Waals surface area contributed by atoms with Gasteiger partial charge in [0, 0.05) is 18.1 Å². The number of aliphatic hydroxyl groups excluding tert-OH is 1. The summed E-state index contributed by atoms with van der Waals surface area (Å²) >= 11 is 0. The molecule has 3 N–H and O–H groups in total. The van der Waals surface area contributed by atoms with E-state index in [9.17, 15) is 5.11 Å². The number of rotatable bonds is 6. The van der Waals surface area contributed by atoms with Crippen LogP contribution in [0, 0.1) is 0 Å². The second-order valence-corrected chi connectivity index (χ2v) is 3.74. The number of hydrogen-bond acceptors (Lipinski definition) is 3. The van der Waals surface area contributed by atoms with Crippen LogP contribution in [-0.4, -0.2) is 41.8 Å². The van der Waals surface area contributed by atoms with E-state index in [1.54, 1.807) is 0 Å². The zero-order valence-corrected chi connectivity index (χ0v) is 9.33. The molecule has 3 unspecified atom stereocenters. The molecule has 3 nitrogen and oxygen atoms in total. The lowest BCUT2D eigenvalue weighted by atomic mass is 10.0. The molecule has 0 saturated heterocycles. The average Bonchev–Trinajstić information content (AvgIpc) is 2.17. The second kappa shape index (κ2) is 6.35. The third-order valence-electron chi connectivity index (χ3n) is 2.96. The number of aliphatic hydroxyl groups is 1. The lowest BCUT2D eigenvalue weighted by Crippen LogP contribution is -2.51. The quantitative estimate of drug-likeness (QED) is 0.648. The molecule has 13 heavy (non-hydrogen) atoms. The molecule has 0 aromatic rings. The largest absolute Gasteiger partial charge is 0.395 e. The van der Waals surface area contributed by atoms with Crippen LogP contribution in [0.15, 0.2) is 0 Å². The molecule has 0 radical (unpaired) electrons. The van der Waals surface area contributed by atoms with Gasteiger partial charge in [-0.3, -0.25) is 4.90 Å². The summed E-state index contributed by atoms with van der Waals surface area (Å²) < 4.78 is 0. The molecular weight excluding hydrogens is 164 g/mol. The molecule has 0 fully saturated rings. The Bertz CT molecular complexity index is 130. The highest BCUT2D eigenvalue weighted by Crippen LogP contribution is 2.09. The van der Waals surface area contributed by atoms with Gasteiger partial charge in [-0.05, 0) is 26.8 Å². The molecule has 0 aromatic heterocycles. The highest BCUT2D eigenvalue weighted by atomic mass is 16.3. The minimum absolute atomic E-state index is 0.0731. The maximum Gasteiger partial charge on any atom is 0.0601 e. The van der Waals surface area contributed by atoms with E-state index in [1.165, 1.54) is 0 Å². The van der Waals surface area contributed by atoms with Crippen molar-refractivity contribution in [2.45, 2.75) is 51.7 Å². The Morgan fingerprint density at radius 2 is 1.85 bits per heavy atom. The van der Waals surface area contributed by atoms with Crippen molar-refractivity contribution in [1.82, 2.24) is 4.90 Å². The highest BCUT2D eigenvalue weighted by Gasteiger charge is 2.22. The molecule has 0 aliphatic rings. The first-order valence-corrected chi connectivity index (χ1v) is 5.16. The first-order valence-electron chi connectivity index (χ1n) is 5.16. The Morgan fingerprint density at radius 1 is 1.31 bits per heavy atom. The fraction of sp³-hybridized carbons (Fsp3) is 1.00. The molecule has 3 atom stereocenters. The van der Waals surface area contributed by atoms with Gasteiger partial charge in [-0.15, -0.1) is 0 Å². The zero-order chi connectivity index (χ0) is 10.4. The molecule has 80 valence electrons. The first-order chi connectivity index (χ1) is 6.08. The summed E-state index contributed by atoms with van der Waals surface area (Å²) in [4.78, 5) is 2.17. The Kier molecular flexibility index (Phi) is 6.29. The van der Waals surface area contributed by atoms with E-state index in [0.29, 0.717) is 6.04 Å². The van der Waals surface area contributed by atoms with Crippen molar-refractivity contribution in [1.29, 1.82) is 0 Å². The van der Waals surface area contributed by atoms with Crippen molar-refractivity contribution in [2.75, 3.05) is 13.7 Å². The number of hydrogen-bond donors (Lipinski definition) is 2. The van der Waals surface area contributed by atoms with Crippen LogP contribution in [0.1, 0.15) is 33.6 Å². The minimum atomic E-state index is 0.0731. The van der Waals surface area contributed by atoms with Gasteiger partial charge < -0.3 is 10.8 Å². The minimum Gasteiger partial charge on any atom is -0.395 e. The third-order valence-corrected chi connectivity index (χ3v) is 2.96. The molecule has 0 spiro atoms. The van der Waals surface area contributed by atoms with Crippen molar-refractivity contribution >= 4 is 0 Å². The SMILES string of the molecule is CCC(N)C(CO)N(C)C(C)CC.